The Morgan fingerprint density at radius 3 is 2.67 bits per heavy atom. The minimum atomic E-state index is -0.0655. The van der Waals surface area contributed by atoms with Crippen molar-refractivity contribution < 1.29 is 4.79 Å². The van der Waals surface area contributed by atoms with Gasteiger partial charge in [0, 0.05) is 24.7 Å². The van der Waals surface area contributed by atoms with E-state index in [4.69, 9.17) is 0 Å². The summed E-state index contributed by atoms with van der Waals surface area (Å²) in [4.78, 5) is 20.1. The summed E-state index contributed by atoms with van der Waals surface area (Å²) >= 11 is 1.56. The van der Waals surface area contributed by atoms with Gasteiger partial charge in [0.1, 0.15) is 17.2 Å². The smallest absolute Gasteiger partial charge is 0.251 e. The molecule has 0 saturated heterocycles. The van der Waals surface area contributed by atoms with Crippen LogP contribution in [-0.4, -0.2) is 35.2 Å². The molecule has 1 amide bonds. The number of aryl methyl sites for hydroxylation is 1. The molecule has 2 rings (SSSR count). The Morgan fingerprint density at radius 2 is 1.95 bits per heavy atom. The minimum absolute atomic E-state index is 0.0655. The second-order valence-corrected chi connectivity index (χ2v) is 5.32. The molecule has 2 N–H and O–H groups in total. The van der Waals surface area contributed by atoms with Crippen LogP contribution in [0.4, 0.5) is 5.82 Å². The third-order valence-corrected chi connectivity index (χ3v) is 3.52. The maximum atomic E-state index is 11.9. The van der Waals surface area contributed by atoms with Gasteiger partial charge in [-0.25, -0.2) is 9.97 Å². The topological polar surface area (TPSA) is 66.9 Å². The molecule has 6 heteroatoms. The molecule has 21 heavy (non-hydrogen) atoms. The quantitative estimate of drug-likeness (QED) is 0.487. The van der Waals surface area contributed by atoms with Crippen LogP contribution in [-0.2, 0) is 0 Å². The van der Waals surface area contributed by atoms with Crippen molar-refractivity contribution in [1.82, 2.24) is 15.3 Å². The van der Waals surface area contributed by atoms with Gasteiger partial charge < -0.3 is 10.6 Å². The molecule has 1 aromatic heterocycles. The van der Waals surface area contributed by atoms with Crippen LogP contribution >= 0.6 is 11.8 Å². The SMILES string of the molecule is CSc1cc(NCCNC(=O)c2ccc(C)cc2)ncn1. The van der Waals surface area contributed by atoms with Crippen molar-refractivity contribution in [2.75, 3.05) is 24.7 Å². The number of carbonyl (C=O) groups is 1. The second kappa shape index (κ2) is 7.64. The molecule has 0 spiro atoms. The van der Waals surface area contributed by atoms with Crippen LogP contribution in [0.15, 0.2) is 41.7 Å². The Morgan fingerprint density at radius 1 is 1.19 bits per heavy atom. The van der Waals surface area contributed by atoms with Crippen LogP contribution in [0.1, 0.15) is 15.9 Å². The van der Waals surface area contributed by atoms with Gasteiger partial charge in [-0.2, -0.15) is 0 Å². The number of nitrogens with one attached hydrogen (secondary N) is 2. The van der Waals surface area contributed by atoms with Gasteiger partial charge in [-0.15, -0.1) is 11.8 Å². The highest BCUT2D eigenvalue weighted by atomic mass is 32.2. The first-order valence-corrected chi connectivity index (χ1v) is 7.86. The highest BCUT2D eigenvalue weighted by Gasteiger charge is 2.03. The maximum Gasteiger partial charge on any atom is 0.251 e. The van der Waals surface area contributed by atoms with Gasteiger partial charge >= 0.3 is 0 Å². The van der Waals surface area contributed by atoms with Crippen molar-refractivity contribution in [3.8, 4) is 0 Å². The van der Waals surface area contributed by atoms with Gasteiger partial charge in [0.2, 0.25) is 0 Å². The van der Waals surface area contributed by atoms with Crippen molar-refractivity contribution in [2.45, 2.75) is 11.9 Å². The van der Waals surface area contributed by atoms with Crippen molar-refractivity contribution in [2.24, 2.45) is 0 Å². The van der Waals surface area contributed by atoms with Gasteiger partial charge in [-0.1, -0.05) is 17.7 Å². The molecule has 0 saturated carbocycles. The Labute approximate surface area is 128 Å². The highest BCUT2D eigenvalue weighted by Crippen LogP contribution is 2.13. The fraction of sp³-hybridized carbons (Fsp3) is 0.267. The van der Waals surface area contributed by atoms with E-state index in [1.165, 1.54) is 6.33 Å². The lowest BCUT2D eigenvalue weighted by Gasteiger charge is -2.08. The first-order chi connectivity index (χ1) is 10.2. The summed E-state index contributed by atoms with van der Waals surface area (Å²) in [5.41, 5.74) is 1.81. The minimum Gasteiger partial charge on any atom is -0.368 e. The Kier molecular flexibility index (Phi) is 5.57. The van der Waals surface area contributed by atoms with Gasteiger partial charge in [0.15, 0.2) is 0 Å². The maximum absolute atomic E-state index is 11.9. The third kappa shape index (κ3) is 4.75. The number of nitrogens with zero attached hydrogens (tertiary/aromatic N) is 2. The summed E-state index contributed by atoms with van der Waals surface area (Å²) in [6, 6.07) is 9.39. The van der Waals surface area contributed by atoms with E-state index < -0.39 is 0 Å². The number of hydrogen-bond acceptors (Lipinski definition) is 5. The standard InChI is InChI=1S/C15H18N4OS/c1-11-3-5-12(6-4-11)15(20)17-8-7-16-13-9-14(21-2)19-10-18-13/h3-6,9-10H,7-8H2,1-2H3,(H,17,20)(H,16,18,19). The fourth-order valence-electron chi connectivity index (χ4n) is 1.72. The lowest BCUT2D eigenvalue weighted by molar-refractivity contribution is 0.0955. The van der Waals surface area contributed by atoms with Crippen LogP contribution in [0, 0.1) is 6.92 Å². The molecule has 1 heterocycles. The third-order valence-electron chi connectivity index (χ3n) is 2.88. The lowest BCUT2D eigenvalue weighted by atomic mass is 10.1. The molecular weight excluding hydrogens is 284 g/mol. The molecule has 2 aromatic rings. The number of rotatable bonds is 6. The fourth-order valence-corrected chi connectivity index (χ4v) is 2.10. The zero-order valence-electron chi connectivity index (χ0n) is 12.1. The number of thioether (sulfide) groups is 1. The van der Waals surface area contributed by atoms with E-state index in [1.54, 1.807) is 11.8 Å². The van der Waals surface area contributed by atoms with Crippen molar-refractivity contribution in [1.29, 1.82) is 0 Å². The molecule has 110 valence electrons. The molecule has 5 nitrogen and oxygen atoms in total. The molecule has 0 aliphatic carbocycles. The van der Waals surface area contributed by atoms with E-state index in [0.717, 1.165) is 16.4 Å². The average Bonchev–Trinajstić information content (AvgIpc) is 2.52. The number of amides is 1. The van der Waals surface area contributed by atoms with Crippen LogP contribution in [0.5, 0.6) is 0 Å². The van der Waals surface area contributed by atoms with Crippen molar-refractivity contribution in [3.63, 3.8) is 0 Å². The predicted molar refractivity (Wildman–Crippen MR) is 85.8 cm³/mol. The molecule has 0 unspecified atom stereocenters. The second-order valence-electron chi connectivity index (χ2n) is 4.49. The van der Waals surface area contributed by atoms with Gasteiger partial charge in [0.05, 0.1) is 0 Å². The molecule has 0 aliphatic heterocycles. The van der Waals surface area contributed by atoms with Gasteiger partial charge in [-0.05, 0) is 25.3 Å². The van der Waals surface area contributed by atoms with E-state index in [2.05, 4.69) is 20.6 Å². The van der Waals surface area contributed by atoms with Crippen molar-refractivity contribution in [3.05, 3.63) is 47.8 Å². The Bertz CT molecular complexity index is 601. The molecule has 0 radical (unpaired) electrons. The van der Waals surface area contributed by atoms with Crippen LogP contribution in [0.3, 0.4) is 0 Å². The summed E-state index contributed by atoms with van der Waals surface area (Å²) in [5.74, 6) is 0.697. The largest absolute Gasteiger partial charge is 0.368 e. The predicted octanol–water partition coefficient (Wildman–Crippen LogP) is 2.35. The van der Waals surface area contributed by atoms with Crippen LogP contribution < -0.4 is 10.6 Å². The molecule has 0 bridgehead atoms. The van der Waals surface area contributed by atoms with E-state index in [-0.39, 0.29) is 5.91 Å². The average molecular weight is 302 g/mol. The Balaban J connectivity index is 1.76. The number of benzene rings is 1. The van der Waals surface area contributed by atoms with Crippen LogP contribution in [0.25, 0.3) is 0 Å². The first-order valence-electron chi connectivity index (χ1n) is 6.64. The summed E-state index contributed by atoms with van der Waals surface area (Å²) < 4.78 is 0. The molecule has 0 fully saturated rings. The summed E-state index contributed by atoms with van der Waals surface area (Å²) in [6.07, 6.45) is 3.49. The van der Waals surface area contributed by atoms with E-state index in [0.29, 0.717) is 18.7 Å². The van der Waals surface area contributed by atoms with E-state index in [1.807, 2.05) is 43.5 Å². The van der Waals surface area contributed by atoms with Crippen LogP contribution in [0.2, 0.25) is 0 Å². The monoisotopic (exact) mass is 302 g/mol. The number of carbonyl (C=O) groups excluding carboxylic acids is 1. The number of aromatic nitrogens is 2. The summed E-state index contributed by atoms with van der Waals surface area (Å²) in [7, 11) is 0. The lowest BCUT2D eigenvalue weighted by Crippen LogP contribution is -2.28. The number of hydrogen-bond donors (Lipinski definition) is 2. The summed E-state index contributed by atoms with van der Waals surface area (Å²) in [5, 5.41) is 6.94. The molecule has 0 atom stereocenters. The van der Waals surface area contributed by atoms with E-state index >= 15 is 0 Å². The van der Waals surface area contributed by atoms with Gasteiger partial charge in [0.25, 0.3) is 5.91 Å². The summed E-state index contributed by atoms with van der Waals surface area (Å²) in [6.45, 7) is 3.14. The molecule has 1 aromatic carbocycles. The highest BCUT2D eigenvalue weighted by molar-refractivity contribution is 7.98. The zero-order chi connectivity index (χ0) is 15.1. The van der Waals surface area contributed by atoms with Crippen molar-refractivity contribution >= 4 is 23.5 Å². The number of anilines is 1. The zero-order valence-corrected chi connectivity index (χ0v) is 12.9. The first kappa shape index (κ1) is 15.3. The molecule has 0 aliphatic rings. The normalized spacial score (nSPS) is 10.2. The Hall–Kier alpha value is -2.08. The van der Waals surface area contributed by atoms with E-state index in [9.17, 15) is 4.79 Å². The molecular formula is C15H18N4OS. The van der Waals surface area contributed by atoms with Gasteiger partial charge in [-0.3, -0.25) is 4.79 Å².